The van der Waals surface area contributed by atoms with Gasteiger partial charge in [-0.15, -0.1) is 0 Å². The third-order valence-electron chi connectivity index (χ3n) is 2.75. The number of nitrogens with two attached hydrogens (primary N) is 2. The molecule has 2 aromatic rings. The van der Waals surface area contributed by atoms with E-state index in [2.05, 4.69) is 5.10 Å². The Morgan fingerprint density at radius 3 is 2.52 bits per heavy atom. The lowest BCUT2D eigenvalue weighted by Crippen LogP contribution is -2.29. The van der Waals surface area contributed by atoms with Crippen molar-refractivity contribution in [2.45, 2.75) is 6.54 Å². The van der Waals surface area contributed by atoms with E-state index in [1.165, 1.54) is 6.20 Å². The van der Waals surface area contributed by atoms with Crippen molar-refractivity contribution in [3.63, 3.8) is 0 Å². The Balaban J connectivity index is 1.85. The molecule has 0 aliphatic heterocycles. The van der Waals surface area contributed by atoms with Crippen LogP contribution in [0.25, 0.3) is 0 Å². The molecular formula is C13H15N5O3. The van der Waals surface area contributed by atoms with Crippen molar-refractivity contribution in [1.82, 2.24) is 15.2 Å². The molecule has 0 atom stereocenters. The first-order chi connectivity index (χ1) is 10.1. The number of hydrogen-bond donors (Lipinski definition) is 3. The molecule has 110 valence electrons. The van der Waals surface area contributed by atoms with Crippen molar-refractivity contribution in [2.75, 3.05) is 6.61 Å². The normalized spacial score (nSPS) is 10.1. The minimum Gasteiger partial charge on any atom is -0.492 e. The van der Waals surface area contributed by atoms with Crippen LogP contribution in [0.2, 0.25) is 0 Å². The van der Waals surface area contributed by atoms with E-state index < -0.39 is 5.91 Å². The van der Waals surface area contributed by atoms with E-state index in [4.69, 9.17) is 16.3 Å². The second kappa shape index (κ2) is 6.53. The zero-order valence-electron chi connectivity index (χ0n) is 11.2. The van der Waals surface area contributed by atoms with Crippen LogP contribution in [0.4, 0.5) is 0 Å². The molecule has 1 heterocycles. The highest BCUT2D eigenvalue weighted by Crippen LogP contribution is 2.12. The molecule has 8 heteroatoms. The SMILES string of the molecule is NNC(=O)c1ccc(OCCn2cc(C(N)=O)cn2)cc1. The van der Waals surface area contributed by atoms with Crippen LogP contribution in [-0.2, 0) is 6.54 Å². The number of nitrogens with zero attached hydrogens (tertiary/aromatic N) is 2. The van der Waals surface area contributed by atoms with E-state index in [0.29, 0.717) is 30.0 Å². The van der Waals surface area contributed by atoms with Crippen LogP contribution in [0.15, 0.2) is 36.7 Å². The van der Waals surface area contributed by atoms with Gasteiger partial charge in [0.2, 0.25) is 0 Å². The van der Waals surface area contributed by atoms with Crippen LogP contribution >= 0.6 is 0 Å². The van der Waals surface area contributed by atoms with Crippen LogP contribution in [-0.4, -0.2) is 28.2 Å². The van der Waals surface area contributed by atoms with Gasteiger partial charge < -0.3 is 10.5 Å². The van der Waals surface area contributed by atoms with E-state index in [1.54, 1.807) is 35.1 Å². The summed E-state index contributed by atoms with van der Waals surface area (Å²) in [5.41, 5.74) is 7.98. The summed E-state index contributed by atoms with van der Waals surface area (Å²) in [5.74, 6) is 4.77. The average molecular weight is 289 g/mol. The zero-order valence-corrected chi connectivity index (χ0v) is 11.2. The summed E-state index contributed by atoms with van der Waals surface area (Å²) in [6, 6.07) is 6.55. The first-order valence-electron chi connectivity index (χ1n) is 6.16. The fourth-order valence-electron chi connectivity index (χ4n) is 1.66. The zero-order chi connectivity index (χ0) is 15.2. The number of rotatable bonds is 6. The second-order valence-electron chi connectivity index (χ2n) is 4.20. The fraction of sp³-hybridized carbons (Fsp3) is 0.154. The Hall–Kier alpha value is -2.87. The van der Waals surface area contributed by atoms with Gasteiger partial charge in [0, 0.05) is 11.8 Å². The second-order valence-corrected chi connectivity index (χ2v) is 4.20. The van der Waals surface area contributed by atoms with E-state index in [-0.39, 0.29) is 5.91 Å². The van der Waals surface area contributed by atoms with Crippen molar-refractivity contribution in [2.24, 2.45) is 11.6 Å². The topological polar surface area (TPSA) is 125 Å². The molecule has 1 aromatic heterocycles. The Bertz CT molecular complexity index is 636. The molecule has 0 saturated carbocycles. The largest absolute Gasteiger partial charge is 0.492 e. The number of nitrogen functional groups attached to an aromatic ring is 1. The van der Waals surface area contributed by atoms with Gasteiger partial charge in [-0.25, -0.2) is 5.84 Å². The molecule has 0 unspecified atom stereocenters. The minimum absolute atomic E-state index is 0.354. The molecule has 0 spiro atoms. The van der Waals surface area contributed by atoms with Gasteiger partial charge >= 0.3 is 0 Å². The number of carbonyl (C=O) groups is 2. The predicted octanol–water partition coefficient (Wildman–Crippen LogP) is -0.336. The maximum atomic E-state index is 11.3. The Labute approximate surface area is 120 Å². The third kappa shape index (κ3) is 3.80. The van der Waals surface area contributed by atoms with Gasteiger partial charge in [0.25, 0.3) is 11.8 Å². The molecule has 0 radical (unpaired) electrons. The van der Waals surface area contributed by atoms with Crippen LogP contribution in [0.5, 0.6) is 5.75 Å². The number of hydrogen-bond acceptors (Lipinski definition) is 5. The molecule has 2 rings (SSSR count). The van der Waals surface area contributed by atoms with Crippen LogP contribution < -0.4 is 21.7 Å². The number of amides is 2. The molecule has 0 aliphatic carbocycles. The summed E-state index contributed by atoms with van der Waals surface area (Å²) in [5, 5.41) is 3.99. The van der Waals surface area contributed by atoms with Gasteiger partial charge in [-0.2, -0.15) is 5.10 Å². The number of hydrazine groups is 1. The molecule has 0 saturated heterocycles. The molecule has 0 aliphatic rings. The van der Waals surface area contributed by atoms with E-state index in [1.807, 2.05) is 5.43 Å². The lowest BCUT2D eigenvalue weighted by atomic mass is 10.2. The van der Waals surface area contributed by atoms with E-state index in [9.17, 15) is 9.59 Å². The van der Waals surface area contributed by atoms with E-state index >= 15 is 0 Å². The van der Waals surface area contributed by atoms with Crippen molar-refractivity contribution < 1.29 is 14.3 Å². The summed E-state index contributed by atoms with van der Waals surface area (Å²) < 4.78 is 7.07. The minimum atomic E-state index is -0.518. The quantitative estimate of drug-likeness (QED) is 0.381. The van der Waals surface area contributed by atoms with Crippen molar-refractivity contribution in [3.05, 3.63) is 47.8 Å². The summed E-state index contributed by atoms with van der Waals surface area (Å²) in [4.78, 5) is 22.2. The van der Waals surface area contributed by atoms with Crippen LogP contribution in [0.3, 0.4) is 0 Å². The summed E-state index contributed by atoms with van der Waals surface area (Å²) in [6.45, 7) is 0.834. The highest BCUT2D eigenvalue weighted by atomic mass is 16.5. The number of carbonyl (C=O) groups excluding carboxylic acids is 2. The van der Waals surface area contributed by atoms with Gasteiger partial charge in [-0.05, 0) is 24.3 Å². The monoisotopic (exact) mass is 289 g/mol. The summed E-state index contributed by atoms with van der Waals surface area (Å²) in [7, 11) is 0. The molecule has 2 amide bonds. The maximum absolute atomic E-state index is 11.3. The Morgan fingerprint density at radius 2 is 1.95 bits per heavy atom. The predicted molar refractivity (Wildman–Crippen MR) is 74.3 cm³/mol. The van der Waals surface area contributed by atoms with Gasteiger partial charge in [0.15, 0.2) is 0 Å². The number of ether oxygens (including phenoxy) is 1. The molecule has 0 fully saturated rings. The average Bonchev–Trinajstić information content (AvgIpc) is 2.96. The molecule has 5 N–H and O–H groups in total. The van der Waals surface area contributed by atoms with Gasteiger partial charge in [-0.1, -0.05) is 0 Å². The van der Waals surface area contributed by atoms with Crippen molar-refractivity contribution >= 4 is 11.8 Å². The molecule has 1 aromatic carbocycles. The van der Waals surface area contributed by atoms with Crippen LogP contribution in [0.1, 0.15) is 20.7 Å². The van der Waals surface area contributed by atoms with Gasteiger partial charge in [0.05, 0.1) is 18.3 Å². The first kappa shape index (κ1) is 14.5. The molecule has 21 heavy (non-hydrogen) atoms. The van der Waals surface area contributed by atoms with Crippen molar-refractivity contribution in [3.8, 4) is 5.75 Å². The summed E-state index contributed by atoms with van der Waals surface area (Å²) >= 11 is 0. The fourth-order valence-corrected chi connectivity index (χ4v) is 1.66. The molecule has 0 bridgehead atoms. The Kier molecular flexibility index (Phi) is 4.52. The highest BCUT2D eigenvalue weighted by molar-refractivity contribution is 5.93. The molecular weight excluding hydrogens is 274 g/mol. The number of primary amides is 1. The Morgan fingerprint density at radius 1 is 1.24 bits per heavy atom. The number of nitrogens with one attached hydrogen (secondary N) is 1. The van der Waals surface area contributed by atoms with E-state index in [0.717, 1.165) is 0 Å². The standard InChI is InChI=1S/C13H15N5O3/c14-12(19)10-7-16-18(8-10)5-6-21-11-3-1-9(2-4-11)13(20)17-15/h1-4,7-8H,5-6,15H2,(H2,14,19)(H,17,20). The maximum Gasteiger partial charge on any atom is 0.265 e. The van der Waals surface area contributed by atoms with Gasteiger partial charge in [-0.3, -0.25) is 19.7 Å². The van der Waals surface area contributed by atoms with Gasteiger partial charge in [0.1, 0.15) is 12.4 Å². The van der Waals surface area contributed by atoms with Crippen molar-refractivity contribution in [1.29, 1.82) is 0 Å². The first-order valence-corrected chi connectivity index (χ1v) is 6.16. The molecule has 8 nitrogen and oxygen atoms in total. The summed E-state index contributed by atoms with van der Waals surface area (Å²) in [6.07, 6.45) is 2.96. The number of benzene rings is 1. The number of aromatic nitrogens is 2. The highest BCUT2D eigenvalue weighted by Gasteiger charge is 2.05. The lowest BCUT2D eigenvalue weighted by molar-refractivity contribution is 0.0952. The smallest absolute Gasteiger partial charge is 0.265 e. The van der Waals surface area contributed by atoms with Crippen LogP contribution in [0, 0.1) is 0 Å². The lowest BCUT2D eigenvalue weighted by Gasteiger charge is -2.07. The third-order valence-corrected chi connectivity index (χ3v) is 2.75.